The summed E-state index contributed by atoms with van der Waals surface area (Å²) in [6.45, 7) is 0. The average Bonchev–Trinajstić information content (AvgIpc) is 3.74. The van der Waals surface area contributed by atoms with Gasteiger partial charge in [-0.2, -0.15) is 0 Å². The first-order valence-electron chi connectivity index (χ1n) is 19.9. The van der Waals surface area contributed by atoms with Crippen LogP contribution in [-0.4, -0.2) is 0 Å². The molecule has 8 aromatic rings. The van der Waals surface area contributed by atoms with Crippen LogP contribution in [0, 0.1) is 23.7 Å². The number of rotatable bonds is 5. The predicted octanol–water partition coefficient (Wildman–Crippen LogP) is 14.1. The molecule has 0 radical (unpaired) electrons. The van der Waals surface area contributed by atoms with Crippen LogP contribution in [0.15, 0.2) is 168 Å². The molecule has 260 valence electrons. The normalized spacial score (nSPS) is 23.3. The maximum Gasteiger partial charge on any atom is 0.136 e. The van der Waals surface area contributed by atoms with Gasteiger partial charge < -0.3 is 9.32 Å². The van der Waals surface area contributed by atoms with Crippen LogP contribution in [0.3, 0.4) is 0 Å². The Morgan fingerprint density at radius 2 is 1.07 bits per heavy atom. The molecular formula is C52H41NO. The molecule has 1 heterocycles. The first kappa shape index (κ1) is 30.6. The number of anilines is 3. The third kappa shape index (κ3) is 4.28. The van der Waals surface area contributed by atoms with E-state index < -0.39 is 0 Å². The Bertz CT molecular complexity index is 2710. The van der Waals surface area contributed by atoms with Gasteiger partial charge in [-0.25, -0.2) is 0 Å². The molecule has 54 heavy (non-hydrogen) atoms. The zero-order valence-corrected chi connectivity index (χ0v) is 30.3. The smallest absolute Gasteiger partial charge is 0.136 e. The van der Waals surface area contributed by atoms with Crippen molar-refractivity contribution in [2.75, 3.05) is 4.90 Å². The third-order valence-corrected chi connectivity index (χ3v) is 13.9. The second-order valence-corrected chi connectivity index (χ2v) is 16.5. The lowest BCUT2D eigenvalue weighted by molar-refractivity contribution is -0.0399. The Balaban J connectivity index is 1.05. The number of para-hydroxylation sites is 2. The van der Waals surface area contributed by atoms with Crippen LogP contribution in [0.4, 0.5) is 17.1 Å². The minimum Gasteiger partial charge on any atom is -0.456 e. The van der Waals surface area contributed by atoms with E-state index in [1.807, 2.05) is 6.07 Å². The molecule has 4 saturated carbocycles. The number of fused-ring (bicyclic) bond motifs is 6. The molecule has 0 N–H and O–H groups in total. The Morgan fingerprint density at radius 1 is 0.444 bits per heavy atom. The number of benzene rings is 7. The minimum atomic E-state index is 0.110. The minimum absolute atomic E-state index is 0.110. The first-order valence-corrected chi connectivity index (χ1v) is 19.9. The van der Waals surface area contributed by atoms with Gasteiger partial charge in [0.2, 0.25) is 0 Å². The van der Waals surface area contributed by atoms with Gasteiger partial charge in [-0.05, 0) is 132 Å². The van der Waals surface area contributed by atoms with Crippen molar-refractivity contribution in [3.63, 3.8) is 0 Å². The summed E-state index contributed by atoms with van der Waals surface area (Å²) in [5.74, 6) is 3.27. The van der Waals surface area contributed by atoms with Crippen molar-refractivity contribution in [3.05, 3.63) is 175 Å². The van der Waals surface area contributed by atoms with Crippen LogP contribution in [0.2, 0.25) is 0 Å². The molecule has 0 aliphatic heterocycles. The van der Waals surface area contributed by atoms with E-state index in [-0.39, 0.29) is 5.41 Å². The van der Waals surface area contributed by atoms with Gasteiger partial charge in [0, 0.05) is 33.0 Å². The van der Waals surface area contributed by atoms with Crippen LogP contribution >= 0.6 is 0 Å². The topological polar surface area (TPSA) is 16.4 Å². The van der Waals surface area contributed by atoms with Gasteiger partial charge in [-0.1, -0.05) is 121 Å². The summed E-state index contributed by atoms with van der Waals surface area (Å²) in [6, 6.07) is 60.8. The van der Waals surface area contributed by atoms with Crippen molar-refractivity contribution in [3.8, 4) is 33.4 Å². The fraction of sp³-hybridized carbons (Fsp3) is 0.192. The molecule has 1 aromatic heterocycles. The molecule has 7 aromatic carbocycles. The van der Waals surface area contributed by atoms with Gasteiger partial charge in [0.1, 0.15) is 11.2 Å². The van der Waals surface area contributed by atoms with Crippen LogP contribution in [0.1, 0.15) is 43.2 Å². The average molecular weight is 696 g/mol. The Kier molecular flexibility index (Phi) is 6.55. The predicted molar refractivity (Wildman–Crippen MR) is 223 cm³/mol. The van der Waals surface area contributed by atoms with Crippen molar-refractivity contribution in [1.29, 1.82) is 0 Å². The summed E-state index contributed by atoms with van der Waals surface area (Å²) >= 11 is 0. The highest BCUT2D eigenvalue weighted by Crippen LogP contribution is 2.70. The standard InChI is InChI=1S/C52H41NO/c1-2-11-36(12-3-1)41-13-5-8-18-47(41)53(40-24-21-35(22-25-40)37-23-26-43-42-14-6-9-20-49(42)54-50(43)32-37)48-19-10-17-46-51(48)44-15-4-7-16-45(44)52(46)38-28-33-27-34(30-38)31-39(52)29-33/h1-26,32-34,38-39H,27-31H2. The fourth-order valence-electron chi connectivity index (χ4n) is 12.0. The van der Waals surface area contributed by atoms with E-state index >= 15 is 0 Å². The van der Waals surface area contributed by atoms with Gasteiger partial charge in [-0.3, -0.25) is 0 Å². The van der Waals surface area contributed by atoms with Crippen molar-refractivity contribution in [2.45, 2.75) is 37.5 Å². The van der Waals surface area contributed by atoms with Crippen molar-refractivity contribution >= 4 is 39.0 Å². The Morgan fingerprint density at radius 3 is 1.89 bits per heavy atom. The SMILES string of the molecule is c1ccc(-c2ccccc2N(c2ccc(-c3ccc4c(c3)oc3ccccc34)cc2)c2cccc3c2-c2ccccc2C32C3CC4CC(C3)CC2C4)cc1. The summed E-state index contributed by atoms with van der Waals surface area (Å²) < 4.78 is 6.29. The van der Waals surface area contributed by atoms with Gasteiger partial charge >= 0.3 is 0 Å². The zero-order chi connectivity index (χ0) is 35.4. The summed E-state index contributed by atoms with van der Waals surface area (Å²) in [4.78, 5) is 2.55. The number of furan rings is 1. The molecule has 2 heteroatoms. The molecule has 0 saturated heterocycles. The van der Waals surface area contributed by atoms with Crippen LogP contribution in [0.25, 0.3) is 55.3 Å². The highest BCUT2D eigenvalue weighted by Gasteiger charge is 2.61. The van der Waals surface area contributed by atoms with E-state index in [4.69, 9.17) is 4.42 Å². The maximum absolute atomic E-state index is 6.29. The third-order valence-electron chi connectivity index (χ3n) is 13.9. The van der Waals surface area contributed by atoms with Gasteiger partial charge in [0.25, 0.3) is 0 Å². The molecule has 1 spiro atoms. The molecule has 0 unspecified atom stereocenters. The lowest BCUT2D eigenvalue weighted by Crippen LogP contribution is -2.55. The molecule has 13 rings (SSSR count). The maximum atomic E-state index is 6.29. The largest absolute Gasteiger partial charge is 0.456 e. The molecule has 4 fully saturated rings. The lowest BCUT2D eigenvalue weighted by Gasteiger charge is -2.61. The van der Waals surface area contributed by atoms with Crippen molar-refractivity contribution < 1.29 is 4.42 Å². The summed E-state index contributed by atoms with van der Waals surface area (Å²) in [5, 5.41) is 2.32. The van der Waals surface area contributed by atoms with E-state index in [0.29, 0.717) is 0 Å². The zero-order valence-electron chi connectivity index (χ0n) is 30.3. The number of hydrogen-bond acceptors (Lipinski definition) is 2. The number of hydrogen-bond donors (Lipinski definition) is 0. The Hall–Kier alpha value is -5.86. The highest BCUT2D eigenvalue weighted by atomic mass is 16.3. The Labute approximate surface area is 316 Å². The molecule has 5 aliphatic rings. The molecule has 2 nitrogen and oxygen atoms in total. The van der Waals surface area contributed by atoms with E-state index in [0.717, 1.165) is 56.9 Å². The molecule has 0 amide bonds. The van der Waals surface area contributed by atoms with E-state index in [2.05, 4.69) is 163 Å². The van der Waals surface area contributed by atoms with Gasteiger partial charge in [-0.15, -0.1) is 0 Å². The monoisotopic (exact) mass is 695 g/mol. The molecule has 5 aliphatic carbocycles. The van der Waals surface area contributed by atoms with E-state index in [1.54, 1.807) is 11.1 Å². The first-order chi connectivity index (χ1) is 26.7. The van der Waals surface area contributed by atoms with E-state index in [1.165, 1.54) is 71.3 Å². The lowest BCUT2D eigenvalue weighted by atomic mass is 9.43. The highest BCUT2D eigenvalue weighted by molar-refractivity contribution is 6.06. The van der Waals surface area contributed by atoms with Crippen LogP contribution in [-0.2, 0) is 5.41 Å². The summed E-state index contributed by atoms with van der Waals surface area (Å²) in [6.07, 6.45) is 6.99. The van der Waals surface area contributed by atoms with Crippen LogP contribution < -0.4 is 4.90 Å². The second-order valence-electron chi connectivity index (χ2n) is 16.5. The molecule has 4 bridgehead atoms. The van der Waals surface area contributed by atoms with Crippen molar-refractivity contribution in [1.82, 2.24) is 0 Å². The van der Waals surface area contributed by atoms with Gasteiger partial charge in [0.15, 0.2) is 0 Å². The van der Waals surface area contributed by atoms with Crippen LogP contribution in [0.5, 0.6) is 0 Å². The van der Waals surface area contributed by atoms with E-state index in [9.17, 15) is 0 Å². The van der Waals surface area contributed by atoms with Crippen molar-refractivity contribution in [2.24, 2.45) is 23.7 Å². The summed E-state index contributed by atoms with van der Waals surface area (Å²) in [7, 11) is 0. The quantitative estimate of drug-likeness (QED) is 0.178. The molecule has 0 atom stereocenters. The number of nitrogens with zero attached hydrogens (tertiary/aromatic N) is 1. The van der Waals surface area contributed by atoms with Gasteiger partial charge in [0.05, 0.1) is 11.4 Å². The molecular weight excluding hydrogens is 655 g/mol. The fourth-order valence-corrected chi connectivity index (χ4v) is 12.0. The summed E-state index contributed by atoms with van der Waals surface area (Å²) in [5.41, 5.74) is 16.4. The second kappa shape index (κ2) is 11.6.